The summed E-state index contributed by atoms with van der Waals surface area (Å²) in [6.45, 7) is 1.78. The fourth-order valence-corrected chi connectivity index (χ4v) is 2.93. The molecule has 2 atom stereocenters. The normalized spacial score (nSPS) is 22.8. The van der Waals surface area contributed by atoms with Gasteiger partial charge in [0.25, 0.3) is 10.1 Å². The largest absolute Gasteiger partial charge is 0.372 e. The number of hydrogen-bond acceptors (Lipinski definition) is 5. The fourth-order valence-electron chi connectivity index (χ4n) is 1.98. The van der Waals surface area contributed by atoms with Crippen molar-refractivity contribution >= 4 is 16.0 Å². The van der Waals surface area contributed by atoms with Crippen LogP contribution in [0.1, 0.15) is 12.0 Å². The second kappa shape index (κ2) is 5.90. The highest BCUT2D eigenvalue weighted by Crippen LogP contribution is 2.16. The lowest BCUT2D eigenvalue weighted by Crippen LogP contribution is -2.31. The highest BCUT2D eigenvalue weighted by molar-refractivity contribution is 7.86. The zero-order chi connectivity index (χ0) is 14.8. The van der Waals surface area contributed by atoms with Crippen molar-refractivity contribution in [1.29, 1.82) is 0 Å². The van der Waals surface area contributed by atoms with Crippen molar-refractivity contribution in [3.8, 4) is 0 Å². The van der Waals surface area contributed by atoms with E-state index in [0.717, 1.165) is 5.56 Å². The molecule has 2 rings (SSSR count). The van der Waals surface area contributed by atoms with Gasteiger partial charge in [0.05, 0.1) is 17.5 Å². The molecule has 0 saturated carbocycles. The minimum Gasteiger partial charge on any atom is -0.372 e. The van der Waals surface area contributed by atoms with Gasteiger partial charge in [0.15, 0.2) is 0 Å². The molecule has 6 nitrogen and oxygen atoms in total. The Hall–Kier alpha value is -1.44. The van der Waals surface area contributed by atoms with Crippen LogP contribution < -0.4 is 5.32 Å². The number of methoxy groups -OCH3 is 1. The van der Waals surface area contributed by atoms with E-state index in [2.05, 4.69) is 5.32 Å². The van der Waals surface area contributed by atoms with E-state index >= 15 is 0 Å². The van der Waals surface area contributed by atoms with E-state index in [4.69, 9.17) is 8.92 Å². The van der Waals surface area contributed by atoms with Crippen LogP contribution in [0.3, 0.4) is 0 Å². The Labute approximate surface area is 118 Å². The average molecular weight is 299 g/mol. The molecule has 0 bridgehead atoms. The molecule has 20 heavy (non-hydrogen) atoms. The third-order valence-electron chi connectivity index (χ3n) is 3.16. The van der Waals surface area contributed by atoms with E-state index in [1.54, 1.807) is 12.1 Å². The molecule has 1 aromatic carbocycles. The van der Waals surface area contributed by atoms with Crippen molar-refractivity contribution in [1.82, 2.24) is 5.32 Å². The van der Waals surface area contributed by atoms with E-state index < -0.39 is 16.2 Å². The molecule has 1 saturated heterocycles. The lowest BCUT2D eigenvalue weighted by molar-refractivity contribution is -0.127. The highest BCUT2D eigenvalue weighted by Gasteiger charge is 2.33. The third kappa shape index (κ3) is 3.36. The average Bonchev–Trinajstić information content (AvgIpc) is 2.78. The van der Waals surface area contributed by atoms with Crippen LogP contribution >= 0.6 is 0 Å². The first-order valence-electron chi connectivity index (χ1n) is 6.21. The molecular weight excluding hydrogens is 282 g/mol. The molecule has 1 aliphatic rings. The van der Waals surface area contributed by atoms with Crippen LogP contribution in [0.4, 0.5) is 0 Å². The van der Waals surface area contributed by atoms with Gasteiger partial charge in [-0.3, -0.25) is 8.98 Å². The number of aryl methyl sites for hydroxylation is 1. The van der Waals surface area contributed by atoms with Crippen molar-refractivity contribution in [2.75, 3.05) is 13.7 Å². The Bertz CT molecular complexity index is 581. The summed E-state index contributed by atoms with van der Waals surface area (Å²) in [7, 11) is -2.36. The predicted molar refractivity (Wildman–Crippen MR) is 71.7 cm³/mol. The maximum absolute atomic E-state index is 12.0. The topological polar surface area (TPSA) is 81.7 Å². The third-order valence-corrected chi connectivity index (χ3v) is 4.45. The van der Waals surface area contributed by atoms with E-state index in [9.17, 15) is 13.2 Å². The molecule has 1 fully saturated rings. The Kier molecular flexibility index (Phi) is 4.42. The maximum atomic E-state index is 12.0. The van der Waals surface area contributed by atoms with Crippen LogP contribution in [0.15, 0.2) is 29.2 Å². The number of carbonyl (C=O) groups is 1. The van der Waals surface area contributed by atoms with Gasteiger partial charge in [-0.15, -0.1) is 0 Å². The molecular formula is C13H17NO5S. The number of hydrogen-bond donors (Lipinski definition) is 1. The highest BCUT2D eigenvalue weighted by atomic mass is 32.2. The first-order chi connectivity index (χ1) is 9.42. The number of ether oxygens (including phenoxy) is 1. The SMILES string of the molecule is CO[C@H]1C[C@@H](COS(=O)(=O)c2ccc(C)cc2)NC1=O. The summed E-state index contributed by atoms with van der Waals surface area (Å²) in [6.07, 6.45) is -0.135. The second-order valence-corrected chi connectivity index (χ2v) is 6.33. The molecule has 1 aliphatic heterocycles. The van der Waals surface area contributed by atoms with Gasteiger partial charge >= 0.3 is 0 Å². The Balaban J connectivity index is 1.97. The van der Waals surface area contributed by atoms with Gasteiger partial charge in [-0.1, -0.05) is 17.7 Å². The van der Waals surface area contributed by atoms with E-state index in [0.29, 0.717) is 6.42 Å². The molecule has 1 aromatic rings. The Morgan fingerprint density at radius 1 is 1.30 bits per heavy atom. The zero-order valence-corrected chi connectivity index (χ0v) is 12.1. The van der Waals surface area contributed by atoms with E-state index in [1.165, 1.54) is 19.2 Å². The van der Waals surface area contributed by atoms with Gasteiger partial charge in [0.1, 0.15) is 6.10 Å². The molecule has 0 aromatic heterocycles. The zero-order valence-electron chi connectivity index (χ0n) is 11.3. The first kappa shape index (κ1) is 15.0. The first-order valence-corrected chi connectivity index (χ1v) is 7.62. The molecule has 7 heteroatoms. The summed E-state index contributed by atoms with van der Waals surface area (Å²) in [4.78, 5) is 11.5. The quantitative estimate of drug-likeness (QED) is 0.805. The van der Waals surface area contributed by atoms with Crippen LogP contribution in [0.2, 0.25) is 0 Å². The fraction of sp³-hybridized carbons (Fsp3) is 0.462. The smallest absolute Gasteiger partial charge is 0.297 e. The number of nitrogens with one attached hydrogen (secondary N) is 1. The summed E-state index contributed by atoms with van der Waals surface area (Å²) in [5, 5.41) is 2.63. The summed E-state index contributed by atoms with van der Waals surface area (Å²) < 4.78 is 33.9. The molecule has 1 amide bonds. The minimum atomic E-state index is -3.80. The van der Waals surface area contributed by atoms with Gasteiger partial charge in [-0.2, -0.15) is 8.42 Å². The standard InChI is InChI=1S/C13H17NO5S/c1-9-3-5-11(6-4-9)20(16,17)19-8-10-7-12(18-2)13(15)14-10/h3-6,10,12H,7-8H2,1-2H3,(H,14,15)/t10-,12-/m0/s1. The number of amides is 1. The number of carbonyl (C=O) groups excluding carboxylic acids is 1. The van der Waals surface area contributed by atoms with Gasteiger partial charge in [-0.25, -0.2) is 0 Å². The van der Waals surface area contributed by atoms with Crippen LogP contribution in [-0.4, -0.2) is 40.2 Å². The molecule has 1 heterocycles. The van der Waals surface area contributed by atoms with Crippen LogP contribution in [-0.2, 0) is 23.8 Å². The number of rotatable bonds is 5. The van der Waals surface area contributed by atoms with Gasteiger partial charge in [0, 0.05) is 13.5 Å². The van der Waals surface area contributed by atoms with Gasteiger partial charge in [0.2, 0.25) is 5.91 Å². The molecule has 0 spiro atoms. The summed E-state index contributed by atoms with van der Waals surface area (Å²) in [5.74, 6) is -0.242. The van der Waals surface area contributed by atoms with Crippen molar-refractivity contribution in [2.45, 2.75) is 30.4 Å². The monoisotopic (exact) mass is 299 g/mol. The summed E-state index contributed by atoms with van der Waals surface area (Å²) in [6, 6.07) is 6.04. The Morgan fingerprint density at radius 2 is 1.95 bits per heavy atom. The maximum Gasteiger partial charge on any atom is 0.297 e. The molecule has 0 unspecified atom stereocenters. The summed E-state index contributed by atoms with van der Waals surface area (Å²) in [5.41, 5.74) is 0.968. The Morgan fingerprint density at radius 3 is 2.50 bits per heavy atom. The van der Waals surface area contributed by atoms with Crippen molar-refractivity contribution in [3.63, 3.8) is 0 Å². The molecule has 0 radical (unpaired) electrons. The van der Waals surface area contributed by atoms with Crippen LogP contribution in [0.5, 0.6) is 0 Å². The van der Waals surface area contributed by atoms with Crippen molar-refractivity contribution in [3.05, 3.63) is 29.8 Å². The second-order valence-electron chi connectivity index (χ2n) is 4.72. The minimum absolute atomic E-state index is 0.0954. The summed E-state index contributed by atoms with van der Waals surface area (Å²) >= 11 is 0. The van der Waals surface area contributed by atoms with Crippen molar-refractivity contribution in [2.24, 2.45) is 0 Å². The van der Waals surface area contributed by atoms with Gasteiger partial charge < -0.3 is 10.1 Å². The molecule has 0 aliphatic carbocycles. The van der Waals surface area contributed by atoms with Gasteiger partial charge in [-0.05, 0) is 19.1 Å². The van der Waals surface area contributed by atoms with E-state index in [-0.39, 0.29) is 23.5 Å². The van der Waals surface area contributed by atoms with Crippen molar-refractivity contribution < 1.29 is 22.1 Å². The lowest BCUT2D eigenvalue weighted by atomic mass is 10.2. The number of benzene rings is 1. The van der Waals surface area contributed by atoms with E-state index in [1.807, 2.05) is 6.92 Å². The molecule has 1 N–H and O–H groups in total. The predicted octanol–water partition coefficient (Wildman–Crippen LogP) is 0.604. The molecule has 110 valence electrons. The lowest BCUT2D eigenvalue weighted by Gasteiger charge is -2.11. The van der Waals surface area contributed by atoms with Crippen LogP contribution in [0.25, 0.3) is 0 Å². The van der Waals surface area contributed by atoms with Crippen LogP contribution in [0, 0.1) is 6.92 Å².